The van der Waals surface area contributed by atoms with Crippen molar-refractivity contribution in [3.8, 4) is 5.75 Å². The molecular weight excluding hydrogens is 272 g/mol. The van der Waals surface area contributed by atoms with E-state index in [1.54, 1.807) is 12.1 Å². The number of nitrogens with one attached hydrogen (secondary N) is 1. The molecule has 0 radical (unpaired) electrons. The molecule has 5 heteroatoms. The molecule has 2 rings (SSSR count). The topological polar surface area (TPSA) is 32.3 Å². The van der Waals surface area contributed by atoms with Crippen LogP contribution in [0.2, 0.25) is 5.02 Å². The average molecular weight is 284 g/mol. The number of aromatic hydroxyl groups is 1. The lowest BCUT2D eigenvalue weighted by molar-refractivity contribution is 0.475. The Kier molecular flexibility index (Phi) is 3.90. The van der Waals surface area contributed by atoms with E-state index in [-0.39, 0.29) is 22.5 Å². The molecule has 19 heavy (non-hydrogen) atoms. The summed E-state index contributed by atoms with van der Waals surface area (Å²) in [6, 6.07) is 8.09. The van der Waals surface area contributed by atoms with E-state index >= 15 is 0 Å². The average Bonchev–Trinajstić information content (AvgIpc) is 2.34. The summed E-state index contributed by atoms with van der Waals surface area (Å²) < 4.78 is 26.6. The molecule has 0 aromatic heterocycles. The van der Waals surface area contributed by atoms with Crippen LogP contribution in [0.1, 0.15) is 18.5 Å². The van der Waals surface area contributed by atoms with Crippen LogP contribution in [0.5, 0.6) is 5.75 Å². The van der Waals surface area contributed by atoms with Crippen LogP contribution in [0.25, 0.3) is 0 Å². The first-order valence-electron chi connectivity index (χ1n) is 5.67. The lowest BCUT2D eigenvalue weighted by atomic mass is 10.1. The fourth-order valence-electron chi connectivity index (χ4n) is 1.74. The van der Waals surface area contributed by atoms with Gasteiger partial charge in [-0.3, -0.25) is 0 Å². The van der Waals surface area contributed by atoms with Crippen LogP contribution < -0.4 is 5.32 Å². The Labute approximate surface area is 114 Å². The molecule has 2 nitrogen and oxygen atoms in total. The Morgan fingerprint density at radius 2 is 1.79 bits per heavy atom. The number of phenols is 1. The third-order valence-corrected chi connectivity index (χ3v) is 3.06. The highest BCUT2D eigenvalue weighted by atomic mass is 35.5. The van der Waals surface area contributed by atoms with Crippen LogP contribution in [0.4, 0.5) is 14.5 Å². The summed E-state index contributed by atoms with van der Waals surface area (Å²) in [5.41, 5.74) is 0.904. The SMILES string of the molecule is CC(Nc1c(F)cc(F)cc1Cl)c1ccc(O)cc1. The van der Waals surface area contributed by atoms with E-state index < -0.39 is 11.6 Å². The van der Waals surface area contributed by atoms with Crippen LogP contribution in [0, 0.1) is 11.6 Å². The molecule has 1 atom stereocenters. The molecule has 0 aliphatic rings. The molecule has 0 saturated heterocycles. The zero-order valence-corrected chi connectivity index (χ0v) is 10.9. The second-order valence-electron chi connectivity index (χ2n) is 4.20. The summed E-state index contributed by atoms with van der Waals surface area (Å²) >= 11 is 5.81. The molecule has 2 aromatic rings. The number of hydrogen-bond acceptors (Lipinski definition) is 2. The van der Waals surface area contributed by atoms with Gasteiger partial charge in [-0.1, -0.05) is 23.7 Å². The van der Waals surface area contributed by atoms with Crippen LogP contribution in [0.15, 0.2) is 36.4 Å². The first kappa shape index (κ1) is 13.6. The molecule has 0 heterocycles. The van der Waals surface area contributed by atoms with Gasteiger partial charge in [0.2, 0.25) is 0 Å². The second kappa shape index (κ2) is 5.45. The third kappa shape index (κ3) is 3.15. The van der Waals surface area contributed by atoms with Crippen molar-refractivity contribution >= 4 is 17.3 Å². The molecule has 2 N–H and O–H groups in total. The number of halogens is 3. The van der Waals surface area contributed by atoms with Gasteiger partial charge in [0.05, 0.1) is 10.7 Å². The van der Waals surface area contributed by atoms with E-state index in [2.05, 4.69) is 5.32 Å². The molecule has 100 valence electrons. The van der Waals surface area contributed by atoms with E-state index in [0.717, 1.165) is 17.7 Å². The summed E-state index contributed by atoms with van der Waals surface area (Å²) in [6.45, 7) is 1.81. The van der Waals surface area contributed by atoms with Crippen molar-refractivity contribution in [3.05, 3.63) is 58.6 Å². The van der Waals surface area contributed by atoms with Gasteiger partial charge < -0.3 is 10.4 Å². The van der Waals surface area contributed by atoms with Crippen molar-refractivity contribution in [2.45, 2.75) is 13.0 Å². The highest BCUT2D eigenvalue weighted by molar-refractivity contribution is 6.33. The summed E-state index contributed by atoms with van der Waals surface area (Å²) in [7, 11) is 0. The van der Waals surface area contributed by atoms with Gasteiger partial charge in [0.15, 0.2) is 5.82 Å². The van der Waals surface area contributed by atoms with E-state index in [0.29, 0.717) is 0 Å². The minimum atomic E-state index is -0.740. The van der Waals surface area contributed by atoms with E-state index in [4.69, 9.17) is 11.6 Å². The largest absolute Gasteiger partial charge is 0.508 e. The van der Waals surface area contributed by atoms with Gasteiger partial charge in [-0.2, -0.15) is 0 Å². The number of hydrogen-bond donors (Lipinski definition) is 2. The summed E-state index contributed by atoms with van der Waals surface area (Å²) in [6.07, 6.45) is 0. The van der Waals surface area contributed by atoms with E-state index in [9.17, 15) is 13.9 Å². The van der Waals surface area contributed by atoms with Crippen molar-refractivity contribution < 1.29 is 13.9 Å². The normalized spacial score (nSPS) is 12.2. The molecule has 0 saturated carbocycles. The molecule has 0 aliphatic heterocycles. The third-order valence-electron chi connectivity index (χ3n) is 2.76. The van der Waals surface area contributed by atoms with Gasteiger partial charge in [-0.05, 0) is 30.7 Å². The van der Waals surface area contributed by atoms with Gasteiger partial charge in [0.25, 0.3) is 0 Å². The van der Waals surface area contributed by atoms with Gasteiger partial charge in [0.1, 0.15) is 11.6 Å². The zero-order chi connectivity index (χ0) is 14.0. The lowest BCUT2D eigenvalue weighted by Gasteiger charge is -2.17. The molecular formula is C14H12ClF2NO. The van der Waals surface area contributed by atoms with Gasteiger partial charge in [-0.25, -0.2) is 8.78 Å². The van der Waals surface area contributed by atoms with Crippen molar-refractivity contribution in [1.29, 1.82) is 0 Å². The fourth-order valence-corrected chi connectivity index (χ4v) is 1.99. The molecule has 0 aliphatic carbocycles. The first-order chi connectivity index (χ1) is 8.97. The summed E-state index contributed by atoms with van der Waals surface area (Å²) in [5, 5.41) is 12.1. The van der Waals surface area contributed by atoms with Gasteiger partial charge in [0, 0.05) is 12.1 Å². The van der Waals surface area contributed by atoms with E-state index in [1.807, 2.05) is 6.92 Å². The van der Waals surface area contributed by atoms with Crippen molar-refractivity contribution in [2.75, 3.05) is 5.32 Å². The number of benzene rings is 2. The standard InChI is InChI=1S/C14H12ClF2NO/c1-8(9-2-4-11(19)5-3-9)18-14-12(15)6-10(16)7-13(14)17/h2-8,18-19H,1H3. The van der Waals surface area contributed by atoms with Gasteiger partial charge >= 0.3 is 0 Å². The predicted molar refractivity (Wildman–Crippen MR) is 71.5 cm³/mol. The Balaban J connectivity index is 2.24. The fraction of sp³-hybridized carbons (Fsp3) is 0.143. The maximum absolute atomic E-state index is 13.6. The maximum Gasteiger partial charge on any atom is 0.150 e. The van der Waals surface area contributed by atoms with Crippen LogP contribution in [-0.2, 0) is 0 Å². The van der Waals surface area contributed by atoms with Crippen molar-refractivity contribution in [2.24, 2.45) is 0 Å². The summed E-state index contributed by atoms with van der Waals surface area (Å²) in [4.78, 5) is 0. The minimum Gasteiger partial charge on any atom is -0.508 e. The predicted octanol–water partition coefficient (Wildman–Crippen LogP) is 4.50. The van der Waals surface area contributed by atoms with Crippen LogP contribution in [0.3, 0.4) is 0 Å². The van der Waals surface area contributed by atoms with Crippen LogP contribution >= 0.6 is 11.6 Å². The molecule has 1 unspecified atom stereocenters. The quantitative estimate of drug-likeness (QED) is 0.869. The lowest BCUT2D eigenvalue weighted by Crippen LogP contribution is -2.08. The molecule has 0 fully saturated rings. The van der Waals surface area contributed by atoms with Crippen LogP contribution in [-0.4, -0.2) is 5.11 Å². The van der Waals surface area contributed by atoms with E-state index in [1.165, 1.54) is 12.1 Å². The molecule has 2 aromatic carbocycles. The number of anilines is 1. The Hall–Kier alpha value is -1.81. The molecule has 0 amide bonds. The van der Waals surface area contributed by atoms with Crippen molar-refractivity contribution in [3.63, 3.8) is 0 Å². The molecule has 0 spiro atoms. The minimum absolute atomic E-state index is 0.0110. The first-order valence-corrected chi connectivity index (χ1v) is 6.05. The van der Waals surface area contributed by atoms with Gasteiger partial charge in [-0.15, -0.1) is 0 Å². The highest BCUT2D eigenvalue weighted by Gasteiger charge is 2.13. The Morgan fingerprint density at radius 1 is 1.16 bits per heavy atom. The Morgan fingerprint density at radius 3 is 2.37 bits per heavy atom. The molecule has 0 bridgehead atoms. The highest BCUT2D eigenvalue weighted by Crippen LogP contribution is 2.30. The Bertz CT molecular complexity index is 563. The smallest absolute Gasteiger partial charge is 0.150 e. The summed E-state index contributed by atoms with van der Waals surface area (Å²) in [5.74, 6) is -1.30. The second-order valence-corrected chi connectivity index (χ2v) is 4.61. The maximum atomic E-state index is 13.6. The number of phenolic OH excluding ortho intramolecular Hbond substituents is 1. The monoisotopic (exact) mass is 283 g/mol. The number of rotatable bonds is 3. The zero-order valence-electron chi connectivity index (χ0n) is 10.1. The van der Waals surface area contributed by atoms with Crippen molar-refractivity contribution in [1.82, 2.24) is 0 Å².